The van der Waals surface area contributed by atoms with Crippen molar-refractivity contribution in [3.63, 3.8) is 0 Å². The Morgan fingerprint density at radius 3 is 2.37 bits per heavy atom. The average molecular weight is 265 g/mol. The van der Waals surface area contributed by atoms with Crippen molar-refractivity contribution in [2.75, 3.05) is 0 Å². The Bertz CT molecular complexity index is 931. The molecule has 1 aromatic heterocycles. The van der Waals surface area contributed by atoms with Crippen molar-refractivity contribution in [3.05, 3.63) is 60.0 Å². The summed E-state index contributed by atoms with van der Waals surface area (Å²) in [6, 6.07) is 14.4. The van der Waals surface area contributed by atoms with Crippen LogP contribution in [0.5, 0.6) is 0 Å². The number of benzene rings is 3. The molecule has 0 saturated carbocycles. The van der Waals surface area contributed by atoms with Crippen LogP contribution in [0.1, 0.15) is 0 Å². The molecule has 3 heteroatoms. The minimum atomic E-state index is 0.729. The first-order chi connectivity index (χ1) is 9.33. The fourth-order valence-corrected chi connectivity index (χ4v) is 2.78. The van der Waals surface area contributed by atoms with Crippen molar-refractivity contribution in [1.29, 1.82) is 0 Å². The summed E-state index contributed by atoms with van der Waals surface area (Å²) in [7, 11) is 0. The molecule has 0 atom stereocenters. The second-order valence-corrected chi connectivity index (χ2v) is 4.97. The van der Waals surface area contributed by atoms with Gasteiger partial charge in [-0.3, -0.25) is 0 Å². The highest BCUT2D eigenvalue weighted by molar-refractivity contribution is 6.37. The quantitative estimate of drug-likeness (QED) is 0.343. The van der Waals surface area contributed by atoms with Gasteiger partial charge in [0.25, 0.3) is 0 Å². The highest BCUT2D eigenvalue weighted by atomic mass is 35.5. The first kappa shape index (κ1) is 10.7. The van der Waals surface area contributed by atoms with E-state index in [0.29, 0.717) is 0 Å². The number of fused-ring (bicyclic) bond motifs is 4. The van der Waals surface area contributed by atoms with Crippen molar-refractivity contribution in [2.45, 2.75) is 0 Å². The predicted molar refractivity (Wildman–Crippen MR) is 79.6 cm³/mol. The summed E-state index contributed by atoms with van der Waals surface area (Å²) >= 11 is 6.38. The van der Waals surface area contributed by atoms with Crippen LogP contribution in [-0.2, 0) is 0 Å². The zero-order valence-electron chi connectivity index (χ0n) is 9.97. The van der Waals surface area contributed by atoms with Crippen molar-refractivity contribution in [1.82, 2.24) is 9.97 Å². The third kappa shape index (κ3) is 1.57. The molecule has 90 valence electrons. The Balaban J connectivity index is 2.30. The molecule has 0 amide bonds. The van der Waals surface area contributed by atoms with E-state index in [1.807, 2.05) is 24.4 Å². The summed E-state index contributed by atoms with van der Waals surface area (Å²) in [6.07, 6.45) is 3.39. The molecule has 4 rings (SSSR count). The van der Waals surface area contributed by atoms with E-state index < -0.39 is 0 Å². The predicted octanol–water partition coefficient (Wildman–Crippen LogP) is 4.59. The smallest absolute Gasteiger partial charge is 0.116 e. The highest BCUT2D eigenvalue weighted by Gasteiger charge is 2.07. The molecule has 0 N–H and O–H groups in total. The highest BCUT2D eigenvalue weighted by Crippen LogP contribution is 2.33. The number of hydrogen-bond donors (Lipinski definition) is 0. The van der Waals surface area contributed by atoms with Crippen molar-refractivity contribution in [2.24, 2.45) is 0 Å². The van der Waals surface area contributed by atoms with Gasteiger partial charge in [0.1, 0.15) is 6.33 Å². The van der Waals surface area contributed by atoms with Gasteiger partial charge in [-0.2, -0.15) is 0 Å². The Kier molecular flexibility index (Phi) is 2.20. The SMILES string of the molecule is Clc1cc2ncncc2c2cc3ccccc3cc12. The van der Waals surface area contributed by atoms with Gasteiger partial charge in [-0.05, 0) is 34.4 Å². The first-order valence-corrected chi connectivity index (χ1v) is 6.41. The molecule has 0 bridgehead atoms. The number of rotatable bonds is 0. The minimum Gasteiger partial charge on any atom is -0.244 e. The molecule has 2 nitrogen and oxygen atoms in total. The summed E-state index contributed by atoms with van der Waals surface area (Å²) in [5, 5.41) is 6.29. The third-order valence-electron chi connectivity index (χ3n) is 3.44. The standard InChI is InChI=1S/C16H9ClN2/c17-15-7-16-14(8-18-9-19-16)12-5-10-3-1-2-4-11(10)6-13(12)15/h1-9H. The zero-order chi connectivity index (χ0) is 12.8. The lowest BCUT2D eigenvalue weighted by Crippen LogP contribution is -1.85. The van der Waals surface area contributed by atoms with Gasteiger partial charge in [-0.25, -0.2) is 9.97 Å². The molecule has 0 unspecified atom stereocenters. The Morgan fingerprint density at radius 2 is 1.58 bits per heavy atom. The van der Waals surface area contributed by atoms with E-state index in [-0.39, 0.29) is 0 Å². The molecule has 0 aliphatic carbocycles. The van der Waals surface area contributed by atoms with E-state index in [0.717, 1.165) is 26.7 Å². The summed E-state index contributed by atoms with van der Waals surface area (Å²) in [6.45, 7) is 0. The molecule has 1 heterocycles. The van der Waals surface area contributed by atoms with Crippen LogP contribution in [0.15, 0.2) is 55.0 Å². The Hall–Kier alpha value is -2.19. The molecule has 19 heavy (non-hydrogen) atoms. The van der Waals surface area contributed by atoms with Gasteiger partial charge in [0.15, 0.2) is 0 Å². The second-order valence-electron chi connectivity index (χ2n) is 4.56. The van der Waals surface area contributed by atoms with Crippen LogP contribution in [-0.4, -0.2) is 9.97 Å². The van der Waals surface area contributed by atoms with Crippen LogP contribution in [0.4, 0.5) is 0 Å². The van der Waals surface area contributed by atoms with Crippen LogP contribution < -0.4 is 0 Å². The van der Waals surface area contributed by atoms with Crippen LogP contribution >= 0.6 is 11.6 Å². The summed E-state index contributed by atoms with van der Waals surface area (Å²) in [4.78, 5) is 8.40. The van der Waals surface area contributed by atoms with Crippen molar-refractivity contribution >= 4 is 44.0 Å². The van der Waals surface area contributed by atoms with E-state index in [1.165, 1.54) is 10.8 Å². The number of halogens is 1. The van der Waals surface area contributed by atoms with Gasteiger partial charge in [-0.1, -0.05) is 35.9 Å². The molecular weight excluding hydrogens is 256 g/mol. The lowest BCUT2D eigenvalue weighted by atomic mass is 10.0. The van der Waals surface area contributed by atoms with Gasteiger partial charge in [0.2, 0.25) is 0 Å². The Morgan fingerprint density at radius 1 is 0.842 bits per heavy atom. The molecule has 4 aromatic rings. The molecule has 0 fully saturated rings. The molecule has 0 saturated heterocycles. The van der Waals surface area contributed by atoms with Crippen LogP contribution in [0.2, 0.25) is 5.02 Å². The number of hydrogen-bond acceptors (Lipinski definition) is 2. The van der Waals surface area contributed by atoms with Gasteiger partial charge in [0, 0.05) is 17.0 Å². The van der Waals surface area contributed by atoms with E-state index in [4.69, 9.17) is 11.6 Å². The number of nitrogens with zero attached hydrogens (tertiary/aromatic N) is 2. The largest absolute Gasteiger partial charge is 0.244 e. The van der Waals surface area contributed by atoms with E-state index in [9.17, 15) is 0 Å². The Labute approximate surface area is 114 Å². The normalized spacial score (nSPS) is 11.4. The van der Waals surface area contributed by atoms with E-state index in [1.54, 1.807) is 6.33 Å². The molecule has 0 radical (unpaired) electrons. The topological polar surface area (TPSA) is 25.8 Å². The first-order valence-electron chi connectivity index (χ1n) is 6.04. The molecule has 3 aromatic carbocycles. The maximum Gasteiger partial charge on any atom is 0.116 e. The average Bonchev–Trinajstić information content (AvgIpc) is 2.46. The molecular formula is C16H9ClN2. The molecule has 0 aliphatic heterocycles. The lowest BCUT2D eigenvalue weighted by molar-refractivity contribution is 1.23. The van der Waals surface area contributed by atoms with Crippen molar-refractivity contribution < 1.29 is 0 Å². The van der Waals surface area contributed by atoms with E-state index >= 15 is 0 Å². The number of aromatic nitrogens is 2. The van der Waals surface area contributed by atoms with Crippen LogP contribution in [0.3, 0.4) is 0 Å². The summed E-state index contributed by atoms with van der Waals surface area (Å²) in [5.41, 5.74) is 0.878. The maximum absolute atomic E-state index is 6.38. The third-order valence-corrected chi connectivity index (χ3v) is 3.75. The van der Waals surface area contributed by atoms with E-state index in [2.05, 4.69) is 34.2 Å². The minimum absolute atomic E-state index is 0.729. The van der Waals surface area contributed by atoms with Crippen LogP contribution in [0.25, 0.3) is 32.4 Å². The zero-order valence-corrected chi connectivity index (χ0v) is 10.7. The fourth-order valence-electron chi connectivity index (χ4n) is 2.52. The van der Waals surface area contributed by atoms with Gasteiger partial charge in [0.05, 0.1) is 10.5 Å². The fraction of sp³-hybridized carbons (Fsp3) is 0. The molecule has 0 spiro atoms. The van der Waals surface area contributed by atoms with Crippen molar-refractivity contribution in [3.8, 4) is 0 Å². The summed E-state index contributed by atoms with van der Waals surface area (Å²) < 4.78 is 0. The second kappa shape index (κ2) is 3.90. The molecule has 0 aliphatic rings. The van der Waals surface area contributed by atoms with Gasteiger partial charge < -0.3 is 0 Å². The maximum atomic E-state index is 6.38. The monoisotopic (exact) mass is 264 g/mol. The van der Waals surface area contributed by atoms with Gasteiger partial charge >= 0.3 is 0 Å². The van der Waals surface area contributed by atoms with Crippen LogP contribution in [0, 0.1) is 0 Å². The van der Waals surface area contributed by atoms with Gasteiger partial charge in [-0.15, -0.1) is 0 Å². The summed E-state index contributed by atoms with van der Waals surface area (Å²) in [5.74, 6) is 0. The lowest BCUT2D eigenvalue weighted by Gasteiger charge is -2.07.